The van der Waals surface area contributed by atoms with E-state index in [1.165, 1.54) is 31.0 Å². The zero-order valence-electron chi connectivity index (χ0n) is 10.6. The number of benzene rings is 1. The zero-order valence-corrected chi connectivity index (χ0v) is 11.4. The summed E-state index contributed by atoms with van der Waals surface area (Å²) in [4.78, 5) is 27.3. The van der Waals surface area contributed by atoms with Gasteiger partial charge in [-0.1, -0.05) is 11.8 Å². The second-order valence-corrected chi connectivity index (χ2v) is 4.84. The fourth-order valence-electron chi connectivity index (χ4n) is 1.51. The largest absolute Gasteiger partial charge is 0.478 e. The molecule has 2 aromatic rings. The van der Waals surface area contributed by atoms with E-state index in [4.69, 9.17) is 9.84 Å². The molecule has 102 valence electrons. The minimum absolute atomic E-state index is 0.212. The molecule has 0 aliphatic heterocycles. The van der Waals surface area contributed by atoms with E-state index in [0.717, 1.165) is 4.90 Å². The monoisotopic (exact) mass is 289 g/mol. The van der Waals surface area contributed by atoms with Crippen LogP contribution in [0.1, 0.15) is 20.7 Å². The fourth-order valence-corrected chi connectivity index (χ4v) is 2.38. The van der Waals surface area contributed by atoms with Gasteiger partial charge in [0.15, 0.2) is 0 Å². The Morgan fingerprint density at radius 1 is 1.20 bits per heavy atom. The summed E-state index contributed by atoms with van der Waals surface area (Å²) in [6.45, 7) is 0. The van der Waals surface area contributed by atoms with E-state index < -0.39 is 11.9 Å². The average Bonchev–Trinajstić information content (AvgIpc) is 2.47. The summed E-state index contributed by atoms with van der Waals surface area (Å²) in [5.74, 6) is -1.43. The molecule has 0 radical (unpaired) electrons. The number of rotatable bonds is 4. The molecule has 20 heavy (non-hydrogen) atoms. The maximum atomic E-state index is 11.6. The summed E-state index contributed by atoms with van der Waals surface area (Å²) >= 11 is 1.27. The number of methoxy groups -OCH3 is 1. The van der Waals surface area contributed by atoms with Crippen molar-refractivity contribution in [2.45, 2.75) is 9.92 Å². The van der Waals surface area contributed by atoms with Gasteiger partial charge in [0.2, 0.25) is 0 Å². The number of pyridine rings is 1. The van der Waals surface area contributed by atoms with E-state index in [-0.39, 0.29) is 5.56 Å². The summed E-state index contributed by atoms with van der Waals surface area (Å²) in [6.07, 6.45) is 1.58. The Bertz CT molecular complexity index is 640. The van der Waals surface area contributed by atoms with Gasteiger partial charge in [0, 0.05) is 11.1 Å². The predicted octanol–water partition coefficient (Wildman–Crippen LogP) is 2.72. The van der Waals surface area contributed by atoms with E-state index in [1.807, 2.05) is 0 Å². The van der Waals surface area contributed by atoms with Gasteiger partial charge in [-0.25, -0.2) is 14.6 Å². The highest BCUT2D eigenvalue weighted by Crippen LogP contribution is 2.29. The van der Waals surface area contributed by atoms with Crippen LogP contribution in [0.2, 0.25) is 0 Å². The Kier molecular flexibility index (Phi) is 4.37. The van der Waals surface area contributed by atoms with Crippen LogP contribution >= 0.6 is 11.8 Å². The Balaban J connectivity index is 2.26. The van der Waals surface area contributed by atoms with Crippen LogP contribution in [0, 0.1) is 0 Å². The van der Waals surface area contributed by atoms with Gasteiger partial charge in [0.05, 0.1) is 18.2 Å². The number of carboxylic acid groups (broad SMARTS) is 1. The smallest absolute Gasteiger partial charge is 0.340 e. The highest BCUT2D eigenvalue weighted by Gasteiger charge is 2.13. The van der Waals surface area contributed by atoms with Crippen LogP contribution in [0.25, 0.3) is 0 Å². The van der Waals surface area contributed by atoms with Crippen molar-refractivity contribution in [1.82, 2.24) is 4.98 Å². The third kappa shape index (κ3) is 3.16. The molecule has 6 heteroatoms. The average molecular weight is 289 g/mol. The number of aromatic nitrogens is 1. The topological polar surface area (TPSA) is 76.5 Å². The minimum Gasteiger partial charge on any atom is -0.478 e. The molecule has 0 atom stereocenters. The number of carboxylic acids is 1. The molecule has 0 saturated carbocycles. The molecule has 5 nitrogen and oxygen atoms in total. The van der Waals surface area contributed by atoms with Gasteiger partial charge >= 0.3 is 11.9 Å². The molecule has 0 spiro atoms. The van der Waals surface area contributed by atoms with E-state index in [2.05, 4.69) is 4.98 Å². The van der Waals surface area contributed by atoms with Crippen molar-refractivity contribution in [2.24, 2.45) is 0 Å². The zero-order chi connectivity index (χ0) is 14.5. The lowest BCUT2D eigenvalue weighted by Crippen LogP contribution is -2.04. The Labute approximate surface area is 119 Å². The standard InChI is InChI=1S/C14H11NO4S/c1-19-14(18)11-3-2-8-15-12(11)20-10-6-4-9(5-7-10)13(16)17/h2-8H,1H3,(H,16,17). The van der Waals surface area contributed by atoms with Crippen molar-refractivity contribution in [1.29, 1.82) is 0 Å². The fraction of sp³-hybridized carbons (Fsp3) is 0.0714. The summed E-state index contributed by atoms with van der Waals surface area (Å²) in [5.41, 5.74) is 0.589. The summed E-state index contributed by atoms with van der Waals surface area (Å²) in [5, 5.41) is 9.35. The molecular formula is C14H11NO4S. The van der Waals surface area contributed by atoms with Crippen molar-refractivity contribution in [2.75, 3.05) is 7.11 Å². The molecule has 0 aliphatic rings. The number of ether oxygens (including phenoxy) is 1. The van der Waals surface area contributed by atoms with Crippen LogP contribution in [0.5, 0.6) is 0 Å². The van der Waals surface area contributed by atoms with Crippen LogP contribution in [0.4, 0.5) is 0 Å². The highest BCUT2D eigenvalue weighted by atomic mass is 32.2. The highest BCUT2D eigenvalue weighted by molar-refractivity contribution is 7.99. The molecular weight excluding hydrogens is 278 g/mol. The lowest BCUT2D eigenvalue weighted by atomic mass is 10.2. The third-order valence-corrected chi connectivity index (χ3v) is 3.52. The Morgan fingerprint density at radius 3 is 2.50 bits per heavy atom. The minimum atomic E-state index is -0.977. The van der Waals surface area contributed by atoms with Crippen LogP contribution in [0.3, 0.4) is 0 Å². The first-order chi connectivity index (χ1) is 9.61. The molecule has 1 aromatic carbocycles. The summed E-state index contributed by atoms with van der Waals surface area (Å²) in [6, 6.07) is 9.64. The number of hydrogen-bond donors (Lipinski definition) is 1. The SMILES string of the molecule is COC(=O)c1cccnc1Sc1ccc(C(=O)O)cc1. The normalized spacial score (nSPS) is 10.1. The molecule has 1 N–H and O–H groups in total. The Morgan fingerprint density at radius 2 is 1.90 bits per heavy atom. The van der Waals surface area contributed by atoms with Crippen LogP contribution in [-0.4, -0.2) is 29.1 Å². The Hall–Kier alpha value is -2.34. The van der Waals surface area contributed by atoms with E-state index in [1.54, 1.807) is 30.5 Å². The second kappa shape index (κ2) is 6.21. The van der Waals surface area contributed by atoms with Gasteiger partial charge in [0.25, 0.3) is 0 Å². The molecule has 0 amide bonds. The second-order valence-electron chi connectivity index (χ2n) is 3.78. The molecule has 0 unspecified atom stereocenters. The number of esters is 1. The van der Waals surface area contributed by atoms with Crippen molar-refractivity contribution >= 4 is 23.7 Å². The van der Waals surface area contributed by atoms with Gasteiger partial charge in [-0.05, 0) is 36.4 Å². The van der Waals surface area contributed by atoms with Gasteiger partial charge < -0.3 is 9.84 Å². The van der Waals surface area contributed by atoms with E-state index in [9.17, 15) is 9.59 Å². The maximum Gasteiger partial charge on any atom is 0.340 e. The van der Waals surface area contributed by atoms with E-state index >= 15 is 0 Å². The number of hydrogen-bond acceptors (Lipinski definition) is 5. The molecule has 1 heterocycles. The van der Waals surface area contributed by atoms with Crippen molar-refractivity contribution in [3.8, 4) is 0 Å². The van der Waals surface area contributed by atoms with Gasteiger partial charge in [-0.15, -0.1) is 0 Å². The van der Waals surface area contributed by atoms with Crippen LogP contribution in [0.15, 0.2) is 52.5 Å². The van der Waals surface area contributed by atoms with Crippen molar-refractivity contribution in [3.63, 3.8) is 0 Å². The third-order valence-electron chi connectivity index (χ3n) is 2.49. The number of nitrogens with zero attached hydrogens (tertiary/aromatic N) is 1. The first kappa shape index (κ1) is 14.1. The number of carbonyl (C=O) groups excluding carboxylic acids is 1. The molecule has 0 fully saturated rings. The molecule has 2 rings (SSSR count). The van der Waals surface area contributed by atoms with E-state index in [0.29, 0.717) is 10.6 Å². The lowest BCUT2D eigenvalue weighted by molar-refractivity contribution is 0.0595. The van der Waals surface area contributed by atoms with Crippen LogP contribution < -0.4 is 0 Å². The predicted molar refractivity (Wildman–Crippen MR) is 73.1 cm³/mol. The number of carbonyl (C=O) groups is 2. The molecule has 1 aromatic heterocycles. The van der Waals surface area contributed by atoms with Gasteiger partial charge in [-0.2, -0.15) is 0 Å². The van der Waals surface area contributed by atoms with Gasteiger partial charge in [0.1, 0.15) is 5.03 Å². The molecule has 0 aliphatic carbocycles. The molecule has 0 saturated heterocycles. The maximum absolute atomic E-state index is 11.6. The number of aromatic carboxylic acids is 1. The summed E-state index contributed by atoms with van der Waals surface area (Å²) < 4.78 is 4.70. The first-order valence-electron chi connectivity index (χ1n) is 5.66. The lowest BCUT2D eigenvalue weighted by Gasteiger charge is -2.06. The molecule has 0 bridgehead atoms. The summed E-state index contributed by atoms with van der Waals surface area (Å²) in [7, 11) is 1.31. The van der Waals surface area contributed by atoms with Gasteiger partial charge in [-0.3, -0.25) is 0 Å². The van der Waals surface area contributed by atoms with Crippen molar-refractivity contribution < 1.29 is 19.4 Å². The van der Waals surface area contributed by atoms with Crippen LogP contribution in [-0.2, 0) is 4.74 Å². The quantitative estimate of drug-likeness (QED) is 0.872. The van der Waals surface area contributed by atoms with Crippen molar-refractivity contribution in [3.05, 3.63) is 53.7 Å². The first-order valence-corrected chi connectivity index (χ1v) is 6.48.